The second-order valence-corrected chi connectivity index (χ2v) is 9.20. The third-order valence-corrected chi connectivity index (χ3v) is 7.22. The lowest BCUT2D eigenvalue weighted by atomic mass is 9.97. The lowest BCUT2D eigenvalue weighted by Crippen LogP contribution is -2.51. The molecular weight excluding hydrogens is 408 g/mol. The predicted molar refractivity (Wildman–Crippen MR) is 120 cm³/mol. The molecule has 8 heteroatoms. The first-order valence-corrected chi connectivity index (χ1v) is 11.8. The number of benzene rings is 1. The van der Waals surface area contributed by atoms with Gasteiger partial charge < -0.3 is 15.4 Å². The Morgan fingerprint density at radius 2 is 1.75 bits per heavy atom. The lowest BCUT2D eigenvalue weighted by Gasteiger charge is -2.35. The van der Waals surface area contributed by atoms with E-state index >= 15 is 0 Å². The molecular formula is C24H34N4O4. The maximum Gasteiger partial charge on any atom is 0.325 e. The Morgan fingerprint density at radius 3 is 2.38 bits per heavy atom. The number of likely N-dealkylation sites (tertiary alicyclic amines) is 1. The molecule has 8 nitrogen and oxygen atoms in total. The summed E-state index contributed by atoms with van der Waals surface area (Å²) in [6.45, 7) is 4.02. The van der Waals surface area contributed by atoms with Crippen LogP contribution in [0.25, 0.3) is 0 Å². The number of nitrogens with zero attached hydrogens (tertiary/aromatic N) is 2. The van der Waals surface area contributed by atoms with Crippen molar-refractivity contribution in [2.45, 2.75) is 69.5 Å². The van der Waals surface area contributed by atoms with Gasteiger partial charge in [-0.1, -0.05) is 31.4 Å². The number of imide groups is 1. The SMILES string of the molecule is COc1ccc(C(CNC(=O)C(C)N2C(=O)NC3(CCCC3)C2=O)N2CCCCC2)cc1. The first kappa shape index (κ1) is 22.6. The zero-order valence-electron chi connectivity index (χ0n) is 19.1. The molecule has 0 bridgehead atoms. The number of carbonyl (C=O) groups is 3. The summed E-state index contributed by atoms with van der Waals surface area (Å²) < 4.78 is 5.28. The van der Waals surface area contributed by atoms with Gasteiger partial charge in [0.2, 0.25) is 5.91 Å². The molecule has 3 fully saturated rings. The van der Waals surface area contributed by atoms with Gasteiger partial charge in [-0.3, -0.25) is 14.5 Å². The van der Waals surface area contributed by atoms with Crippen LogP contribution in [0.3, 0.4) is 0 Å². The zero-order chi connectivity index (χ0) is 22.7. The molecule has 1 aliphatic carbocycles. The minimum absolute atomic E-state index is 0.0293. The first-order valence-electron chi connectivity index (χ1n) is 11.8. The van der Waals surface area contributed by atoms with Crippen LogP contribution in [0, 0.1) is 0 Å². The maximum absolute atomic E-state index is 13.0. The number of amides is 4. The van der Waals surface area contributed by atoms with E-state index in [4.69, 9.17) is 4.74 Å². The van der Waals surface area contributed by atoms with Gasteiger partial charge in [-0.2, -0.15) is 0 Å². The molecule has 1 spiro atoms. The van der Waals surface area contributed by atoms with E-state index in [9.17, 15) is 14.4 Å². The molecule has 32 heavy (non-hydrogen) atoms. The fourth-order valence-corrected chi connectivity index (χ4v) is 5.29. The Hall–Kier alpha value is -2.61. The molecule has 0 aromatic heterocycles. The van der Waals surface area contributed by atoms with Gasteiger partial charge in [-0.15, -0.1) is 0 Å². The molecule has 2 unspecified atom stereocenters. The molecule has 2 saturated heterocycles. The summed E-state index contributed by atoms with van der Waals surface area (Å²) in [7, 11) is 1.64. The van der Waals surface area contributed by atoms with Crippen LogP contribution in [0.5, 0.6) is 5.75 Å². The van der Waals surface area contributed by atoms with E-state index in [1.165, 1.54) is 6.42 Å². The minimum atomic E-state index is -0.847. The molecule has 2 atom stereocenters. The largest absolute Gasteiger partial charge is 0.497 e. The van der Waals surface area contributed by atoms with Crippen molar-refractivity contribution < 1.29 is 19.1 Å². The van der Waals surface area contributed by atoms with E-state index in [1.807, 2.05) is 24.3 Å². The van der Waals surface area contributed by atoms with Crippen molar-refractivity contribution in [3.05, 3.63) is 29.8 Å². The number of ether oxygens (including phenoxy) is 1. The minimum Gasteiger partial charge on any atom is -0.497 e. The molecule has 174 valence electrons. The van der Waals surface area contributed by atoms with Crippen LogP contribution >= 0.6 is 0 Å². The van der Waals surface area contributed by atoms with Gasteiger partial charge in [0.1, 0.15) is 17.3 Å². The lowest BCUT2D eigenvalue weighted by molar-refractivity contribution is -0.137. The van der Waals surface area contributed by atoms with E-state index in [1.54, 1.807) is 14.0 Å². The molecule has 0 radical (unpaired) electrons. The predicted octanol–water partition coefficient (Wildman–Crippen LogP) is 2.59. The zero-order valence-corrected chi connectivity index (χ0v) is 19.1. The molecule has 2 N–H and O–H groups in total. The van der Waals surface area contributed by atoms with Crippen LogP contribution in [-0.2, 0) is 9.59 Å². The Kier molecular flexibility index (Phi) is 6.69. The van der Waals surface area contributed by atoms with Crippen LogP contribution in [-0.4, -0.2) is 66.0 Å². The molecule has 3 aliphatic rings. The third-order valence-electron chi connectivity index (χ3n) is 7.22. The van der Waals surface area contributed by atoms with Crippen LogP contribution in [0.4, 0.5) is 4.79 Å². The highest BCUT2D eigenvalue weighted by atomic mass is 16.5. The summed E-state index contributed by atoms with van der Waals surface area (Å²) in [5, 5.41) is 5.87. The molecule has 2 aliphatic heterocycles. The van der Waals surface area contributed by atoms with Crippen LogP contribution in [0.2, 0.25) is 0 Å². The molecule has 4 rings (SSSR count). The third kappa shape index (κ3) is 4.33. The Labute approximate surface area is 189 Å². The van der Waals surface area contributed by atoms with Crippen molar-refractivity contribution >= 4 is 17.8 Å². The number of methoxy groups -OCH3 is 1. The molecule has 1 aromatic carbocycles. The van der Waals surface area contributed by atoms with Gasteiger partial charge in [0.25, 0.3) is 5.91 Å². The van der Waals surface area contributed by atoms with Gasteiger partial charge in [0, 0.05) is 6.54 Å². The topological polar surface area (TPSA) is 91.0 Å². The van der Waals surface area contributed by atoms with Crippen molar-refractivity contribution in [3.63, 3.8) is 0 Å². The Balaban J connectivity index is 1.44. The summed E-state index contributed by atoms with van der Waals surface area (Å²) in [6, 6.07) is 6.67. The quantitative estimate of drug-likeness (QED) is 0.634. The average molecular weight is 443 g/mol. The highest BCUT2D eigenvalue weighted by Crippen LogP contribution is 2.35. The molecule has 2 heterocycles. The van der Waals surface area contributed by atoms with E-state index in [0.29, 0.717) is 19.4 Å². The second-order valence-electron chi connectivity index (χ2n) is 9.20. The van der Waals surface area contributed by atoms with E-state index < -0.39 is 17.6 Å². The summed E-state index contributed by atoms with van der Waals surface area (Å²) in [6.07, 6.45) is 6.64. The van der Waals surface area contributed by atoms with Crippen molar-refractivity contribution in [1.82, 2.24) is 20.4 Å². The average Bonchev–Trinajstić information content (AvgIpc) is 3.38. The number of carbonyl (C=O) groups excluding carboxylic acids is 3. The van der Waals surface area contributed by atoms with Gasteiger partial charge in [-0.25, -0.2) is 9.69 Å². The van der Waals surface area contributed by atoms with Gasteiger partial charge in [0.05, 0.1) is 13.2 Å². The molecule has 1 aromatic rings. The number of hydrogen-bond acceptors (Lipinski definition) is 5. The number of hydrogen-bond donors (Lipinski definition) is 2. The number of urea groups is 1. The number of rotatable bonds is 7. The van der Waals surface area contributed by atoms with Crippen molar-refractivity contribution in [2.24, 2.45) is 0 Å². The Bertz CT molecular complexity index is 844. The summed E-state index contributed by atoms with van der Waals surface area (Å²) in [5.41, 5.74) is 0.311. The monoisotopic (exact) mass is 442 g/mol. The summed E-state index contributed by atoms with van der Waals surface area (Å²) in [4.78, 5) is 42.1. The van der Waals surface area contributed by atoms with Crippen LogP contribution < -0.4 is 15.4 Å². The summed E-state index contributed by atoms with van der Waals surface area (Å²) in [5.74, 6) is 0.229. The standard InChI is InChI=1S/C24H34N4O4/c1-17(28-22(30)24(26-23(28)31)12-4-5-13-24)21(29)25-16-20(27-14-6-3-7-15-27)18-8-10-19(32-2)11-9-18/h8-11,17,20H,3-7,12-16H2,1-2H3,(H,25,29)(H,26,31). The highest BCUT2D eigenvalue weighted by Gasteiger charge is 2.54. The molecule has 4 amide bonds. The normalized spacial score (nSPS) is 22.6. The first-order chi connectivity index (χ1) is 15.4. The highest BCUT2D eigenvalue weighted by molar-refractivity contribution is 6.09. The van der Waals surface area contributed by atoms with Gasteiger partial charge in [0.15, 0.2) is 0 Å². The second kappa shape index (κ2) is 9.48. The smallest absolute Gasteiger partial charge is 0.325 e. The number of piperidine rings is 1. The van der Waals surface area contributed by atoms with Crippen LogP contribution in [0.1, 0.15) is 63.5 Å². The van der Waals surface area contributed by atoms with E-state index in [2.05, 4.69) is 15.5 Å². The van der Waals surface area contributed by atoms with Gasteiger partial charge >= 0.3 is 6.03 Å². The molecule has 1 saturated carbocycles. The Morgan fingerprint density at radius 1 is 1.09 bits per heavy atom. The van der Waals surface area contributed by atoms with Crippen molar-refractivity contribution in [2.75, 3.05) is 26.7 Å². The summed E-state index contributed by atoms with van der Waals surface area (Å²) >= 11 is 0. The fraction of sp³-hybridized carbons (Fsp3) is 0.625. The van der Waals surface area contributed by atoms with E-state index in [-0.39, 0.29) is 17.9 Å². The maximum atomic E-state index is 13.0. The van der Waals surface area contributed by atoms with Gasteiger partial charge in [-0.05, 0) is 63.4 Å². The van der Waals surface area contributed by atoms with Crippen molar-refractivity contribution in [3.8, 4) is 5.75 Å². The van der Waals surface area contributed by atoms with Crippen LogP contribution in [0.15, 0.2) is 24.3 Å². The van der Waals surface area contributed by atoms with E-state index in [0.717, 1.165) is 55.0 Å². The number of nitrogens with one attached hydrogen (secondary N) is 2. The van der Waals surface area contributed by atoms with Crippen molar-refractivity contribution in [1.29, 1.82) is 0 Å². The fourth-order valence-electron chi connectivity index (χ4n) is 5.29.